The molecule has 14 heavy (non-hydrogen) atoms. The molecule has 0 spiro atoms. The van der Waals surface area contributed by atoms with Crippen LogP contribution in [-0.2, 0) is 4.79 Å². The molecule has 0 amide bonds. The van der Waals surface area contributed by atoms with Crippen molar-refractivity contribution in [3.05, 3.63) is 0 Å². The van der Waals surface area contributed by atoms with Gasteiger partial charge >= 0.3 is 5.97 Å². The molecule has 0 aromatic rings. The zero-order valence-electron chi connectivity index (χ0n) is 8.65. The summed E-state index contributed by atoms with van der Waals surface area (Å²) in [6, 6.07) is -0.303. The first kappa shape index (κ1) is 9.93. The van der Waals surface area contributed by atoms with Crippen molar-refractivity contribution in [3.8, 4) is 0 Å². The first-order valence-electron chi connectivity index (χ1n) is 5.32. The normalized spacial score (nSPS) is 30.5. The third-order valence-corrected chi connectivity index (χ3v) is 3.23. The molecule has 1 unspecified atom stereocenters. The standard InChI is InChI=1S/C10H18N2O2/c1-11-4-5-12(6-8-2-3-8)7-9(11)10(13)14/h8-9H,2-7H2,1H3,(H,13,14). The maximum absolute atomic E-state index is 10.9. The Bertz CT molecular complexity index is 228. The predicted octanol–water partition coefficient (Wildman–Crippen LogP) is 0.0970. The lowest BCUT2D eigenvalue weighted by atomic mass is 10.1. The number of carbonyl (C=O) groups is 1. The second kappa shape index (κ2) is 3.87. The molecular weight excluding hydrogens is 180 g/mol. The summed E-state index contributed by atoms with van der Waals surface area (Å²) < 4.78 is 0. The molecule has 0 aromatic heterocycles. The Labute approximate surface area is 84.5 Å². The van der Waals surface area contributed by atoms with E-state index < -0.39 is 5.97 Å². The fraction of sp³-hybridized carbons (Fsp3) is 0.900. The van der Waals surface area contributed by atoms with Crippen LogP contribution in [0.2, 0.25) is 0 Å². The fourth-order valence-electron chi connectivity index (χ4n) is 2.03. The molecule has 1 N–H and O–H groups in total. The number of carboxylic acid groups (broad SMARTS) is 1. The monoisotopic (exact) mass is 198 g/mol. The summed E-state index contributed by atoms with van der Waals surface area (Å²) in [6.45, 7) is 3.71. The summed E-state index contributed by atoms with van der Waals surface area (Å²) in [4.78, 5) is 15.2. The van der Waals surface area contributed by atoms with E-state index in [9.17, 15) is 4.79 Å². The number of hydrogen-bond donors (Lipinski definition) is 1. The van der Waals surface area contributed by atoms with E-state index >= 15 is 0 Å². The first-order valence-corrected chi connectivity index (χ1v) is 5.32. The van der Waals surface area contributed by atoms with E-state index in [1.54, 1.807) is 0 Å². The van der Waals surface area contributed by atoms with E-state index in [1.165, 1.54) is 12.8 Å². The van der Waals surface area contributed by atoms with Crippen molar-refractivity contribution in [1.29, 1.82) is 0 Å². The molecule has 2 fully saturated rings. The molecule has 4 nitrogen and oxygen atoms in total. The quantitative estimate of drug-likeness (QED) is 0.698. The Morgan fingerprint density at radius 2 is 2.14 bits per heavy atom. The summed E-state index contributed by atoms with van der Waals surface area (Å²) in [5.41, 5.74) is 0. The van der Waals surface area contributed by atoms with E-state index in [0.717, 1.165) is 25.6 Å². The molecule has 2 rings (SSSR count). The van der Waals surface area contributed by atoms with Gasteiger partial charge in [-0.2, -0.15) is 0 Å². The van der Waals surface area contributed by atoms with Crippen molar-refractivity contribution in [1.82, 2.24) is 9.80 Å². The SMILES string of the molecule is CN1CCN(CC2CC2)CC1C(=O)O. The van der Waals surface area contributed by atoms with Gasteiger partial charge in [0.15, 0.2) is 0 Å². The molecule has 1 saturated heterocycles. The van der Waals surface area contributed by atoms with Gasteiger partial charge in [0.2, 0.25) is 0 Å². The largest absolute Gasteiger partial charge is 0.480 e. The summed E-state index contributed by atoms with van der Waals surface area (Å²) >= 11 is 0. The molecule has 1 aliphatic carbocycles. The molecule has 2 aliphatic rings. The van der Waals surface area contributed by atoms with Crippen LogP contribution in [-0.4, -0.2) is 60.1 Å². The van der Waals surface area contributed by atoms with Crippen molar-refractivity contribution >= 4 is 5.97 Å². The maximum atomic E-state index is 10.9. The Kier molecular flexibility index (Phi) is 2.74. The van der Waals surface area contributed by atoms with Crippen LogP contribution in [0.5, 0.6) is 0 Å². The van der Waals surface area contributed by atoms with Gasteiger partial charge in [-0.05, 0) is 25.8 Å². The number of carboxylic acids is 1. The zero-order valence-corrected chi connectivity index (χ0v) is 8.65. The highest BCUT2D eigenvalue weighted by Crippen LogP contribution is 2.30. The number of piperazine rings is 1. The zero-order chi connectivity index (χ0) is 10.1. The number of likely N-dealkylation sites (N-methyl/N-ethyl adjacent to an activating group) is 1. The Morgan fingerprint density at radius 3 is 2.71 bits per heavy atom. The highest BCUT2D eigenvalue weighted by molar-refractivity contribution is 5.73. The van der Waals surface area contributed by atoms with Crippen LogP contribution in [0.1, 0.15) is 12.8 Å². The average Bonchev–Trinajstić information content (AvgIpc) is 2.92. The minimum Gasteiger partial charge on any atom is -0.480 e. The van der Waals surface area contributed by atoms with Crippen LogP contribution >= 0.6 is 0 Å². The Hall–Kier alpha value is -0.610. The van der Waals surface area contributed by atoms with Crippen LogP contribution in [0.3, 0.4) is 0 Å². The molecule has 80 valence electrons. The molecule has 0 aromatic carbocycles. The van der Waals surface area contributed by atoms with Gasteiger partial charge in [-0.3, -0.25) is 14.6 Å². The van der Waals surface area contributed by atoms with Crippen LogP contribution in [0, 0.1) is 5.92 Å². The van der Waals surface area contributed by atoms with Gasteiger partial charge in [-0.1, -0.05) is 0 Å². The molecule has 4 heteroatoms. The van der Waals surface area contributed by atoms with Crippen molar-refractivity contribution < 1.29 is 9.90 Å². The van der Waals surface area contributed by atoms with E-state index in [1.807, 2.05) is 11.9 Å². The number of aliphatic carboxylic acids is 1. The lowest BCUT2D eigenvalue weighted by Gasteiger charge is -2.37. The van der Waals surface area contributed by atoms with Gasteiger partial charge < -0.3 is 5.11 Å². The third kappa shape index (κ3) is 2.25. The second-order valence-electron chi connectivity index (χ2n) is 4.54. The van der Waals surface area contributed by atoms with Gasteiger partial charge in [0.05, 0.1) is 0 Å². The smallest absolute Gasteiger partial charge is 0.322 e. The van der Waals surface area contributed by atoms with Gasteiger partial charge in [0.1, 0.15) is 6.04 Å². The van der Waals surface area contributed by atoms with Crippen LogP contribution in [0.15, 0.2) is 0 Å². The fourth-order valence-corrected chi connectivity index (χ4v) is 2.03. The summed E-state index contributed by atoms with van der Waals surface area (Å²) in [5.74, 6) is 0.167. The van der Waals surface area contributed by atoms with E-state index in [0.29, 0.717) is 6.54 Å². The van der Waals surface area contributed by atoms with E-state index in [2.05, 4.69) is 4.90 Å². The van der Waals surface area contributed by atoms with Gasteiger partial charge in [0, 0.05) is 26.2 Å². The van der Waals surface area contributed by atoms with Crippen molar-refractivity contribution in [2.75, 3.05) is 33.2 Å². The van der Waals surface area contributed by atoms with Crippen molar-refractivity contribution in [2.24, 2.45) is 5.92 Å². The number of rotatable bonds is 3. The van der Waals surface area contributed by atoms with Crippen LogP contribution in [0.25, 0.3) is 0 Å². The van der Waals surface area contributed by atoms with Gasteiger partial charge in [-0.15, -0.1) is 0 Å². The maximum Gasteiger partial charge on any atom is 0.322 e. The molecule has 1 heterocycles. The van der Waals surface area contributed by atoms with E-state index in [-0.39, 0.29) is 6.04 Å². The highest BCUT2D eigenvalue weighted by Gasteiger charge is 2.32. The van der Waals surface area contributed by atoms with Crippen molar-refractivity contribution in [3.63, 3.8) is 0 Å². The number of hydrogen-bond acceptors (Lipinski definition) is 3. The molecule has 1 atom stereocenters. The lowest BCUT2D eigenvalue weighted by Crippen LogP contribution is -2.55. The first-order chi connectivity index (χ1) is 6.66. The number of nitrogens with zero attached hydrogens (tertiary/aromatic N) is 2. The molecule has 0 bridgehead atoms. The molecule has 1 saturated carbocycles. The highest BCUT2D eigenvalue weighted by atomic mass is 16.4. The predicted molar refractivity (Wildman–Crippen MR) is 53.2 cm³/mol. The second-order valence-corrected chi connectivity index (χ2v) is 4.54. The Morgan fingerprint density at radius 1 is 1.43 bits per heavy atom. The lowest BCUT2D eigenvalue weighted by molar-refractivity contribution is -0.145. The summed E-state index contributed by atoms with van der Waals surface area (Å²) in [6.07, 6.45) is 2.67. The van der Waals surface area contributed by atoms with E-state index in [4.69, 9.17) is 5.11 Å². The molecular formula is C10H18N2O2. The Balaban J connectivity index is 1.86. The molecule has 1 aliphatic heterocycles. The summed E-state index contributed by atoms with van der Waals surface area (Å²) in [7, 11) is 1.90. The van der Waals surface area contributed by atoms with Crippen LogP contribution < -0.4 is 0 Å². The third-order valence-electron chi connectivity index (χ3n) is 3.23. The summed E-state index contributed by atoms with van der Waals surface area (Å²) in [5, 5.41) is 9.01. The average molecular weight is 198 g/mol. The van der Waals surface area contributed by atoms with Gasteiger partial charge in [0.25, 0.3) is 0 Å². The topological polar surface area (TPSA) is 43.8 Å². The minimum atomic E-state index is -0.687. The van der Waals surface area contributed by atoms with Crippen LogP contribution in [0.4, 0.5) is 0 Å². The van der Waals surface area contributed by atoms with Gasteiger partial charge in [-0.25, -0.2) is 0 Å². The molecule has 0 radical (unpaired) electrons. The van der Waals surface area contributed by atoms with Crippen molar-refractivity contribution in [2.45, 2.75) is 18.9 Å². The minimum absolute atomic E-state index is 0.303.